The number of ether oxygens (including phenoxy) is 1. The van der Waals surface area contributed by atoms with Crippen molar-refractivity contribution in [3.8, 4) is 17.0 Å². The summed E-state index contributed by atoms with van der Waals surface area (Å²) in [4.78, 5) is 16.2. The number of carbonyl (C=O) groups is 1. The predicted molar refractivity (Wildman–Crippen MR) is 74.4 cm³/mol. The molecule has 1 amide bonds. The van der Waals surface area contributed by atoms with Crippen molar-refractivity contribution in [2.24, 2.45) is 0 Å². The number of nitrogens with zero attached hydrogens (tertiary/aromatic N) is 1. The second kappa shape index (κ2) is 5.52. The third-order valence-electron chi connectivity index (χ3n) is 2.97. The summed E-state index contributed by atoms with van der Waals surface area (Å²) >= 11 is 0. The summed E-state index contributed by atoms with van der Waals surface area (Å²) < 4.78 is 5.19. The van der Waals surface area contributed by atoms with E-state index in [0.29, 0.717) is 11.3 Å². The molecule has 1 aromatic heterocycles. The van der Waals surface area contributed by atoms with Gasteiger partial charge in [-0.05, 0) is 42.8 Å². The van der Waals surface area contributed by atoms with Gasteiger partial charge in [0.05, 0.1) is 18.4 Å². The van der Waals surface area contributed by atoms with Crippen molar-refractivity contribution in [3.63, 3.8) is 0 Å². The van der Waals surface area contributed by atoms with Crippen LogP contribution in [0.3, 0.4) is 0 Å². The number of rotatable bonds is 3. The molecule has 0 unspecified atom stereocenters. The number of carbonyl (C=O) groups excluding carboxylic acids is 1. The SMILES string of the molecule is CNC(=O)c1cccnc1-c1ccc(OC)cc1C. The van der Waals surface area contributed by atoms with E-state index in [4.69, 9.17) is 4.74 Å². The lowest BCUT2D eigenvalue weighted by Gasteiger charge is -2.11. The molecule has 4 heteroatoms. The first kappa shape index (κ1) is 13.1. The number of nitrogens with one attached hydrogen (secondary N) is 1. The lowest BCUT2D eigenvalue weighted by molar-refractivity contribution is 0.0963. The fraction of sp³-hybridized carbons (Fsp3) is 0.200. The number of aromatic nitrogens is 1. The van der Waals surface area contributed by atoms with E-state index in [-0.39, 0.29) is 5.91 Å². The van der Waals surface area contributed by atoms with Gasteiger partial charge in [-0.25, -0.2) is 0 Å². The van der Waals surface area contributed by atoms with Crippen molar-refractivity contribution < 1.29 is 9.53 Å². The molecule has 2 aromatic rings. The summed E-state index contributed by atoms with van der Waals surface area (Å²) in [7, 11) is 3.24. The van der Waals surface area contributed by atoms with Crippen LogP contribution in [0.2, 0.25) is 0 Å². The Kier molecular flexibility index (Phi) is 3.80. The monoisotopic (exact) mass is 256 g/mol. The molecule has 1 heterocycles. The van der Waals surface area contributed by atoms with Gasteiger partial charge in [-0.3, -0.25) is 9.78 Å². The van der Waals surface area contributed by atoms with Gasteiger partial charge in [-0.1, -0.05) is 0 Å². The Morgan fingerprint density at radius 1 is 1.32 bits per heavy atom. The molecular weight excluding hydrogens is 240 g/mol. The van der Waals surface area contributed by atoms with Crippen LogP contribution in [0.4, 0.5) is 0 Å². The number of methoxy groups -OCH3 is 1. The van der Waals surface area contributed by atoms with Crippen molar-refractivity contribution >= 4 is 5.91 Å². The van der Waals surface area contributed by atoms with Crippen molar-refractivity contribution in [3.05, 3.63) is 47.7 Å². The third-order valence-corrected chi connectivity index (χ3v) is 2.97. The Balaban J connectivity index is 2.56. The third kappa shape index (κ3) is 2.57. The fourth-order valence-corrected chi connectivity index (χ4v) is 1.97. The summed E-state index contributed by atoms with van der Waals surface area (Å²) in [5.74, 6) is 0.650. The molecule has 1 N–H and O–H groups in total. The molecule has 98 valence electrons. The first-order valence-corrected chi connectivity index (χ1v) is 5.99. The highest BCUT2D eigenvalue weighted by atomic mass is 16.5. The van der Waals surface area contributed by atoms with Crippen LogP contribution < -0.4 is 10.1 Å². The van der Waals surface area contributed by atoms with Gasteiger partial charge in [0, 0.05) is 18.8 Å². The molecule has 2 rings (SSSR count). The summed E-state index contributed by atoms with van der Waals surface area (Å²) in [6.45, 7) is 1.97. The maximum atomic E-state index is 11.9. The molecule has 1 aromatic carbocycles. The molecule has 0 aliphatic carbocycles. The van der Waals surface area contributed by atoms with Crippen LogP contribution in [0, 0.1) is 6.92 Å². The van der Waals surface area contributed by atoms with Gasteiger partial charge in [-0.15, -0.1) is 0 Å². The topological polar surface area (TPSA) is 51.2 Å². The Morgan fingerprint density at radius 3 is 2.74 bits per heavy atom. The zero-order valence-corrected chi connectivity index (χ0v) is 11.2. The standard InChI is InChI=1S/C15H16N2O2/c1-10-9-11(19-3)6-7-12(10)14-13(15(18)16-2)5-4-8-17-14/h4-9H,1-3H3,(H,16,18). The summed E-state index contributed by atoms with van der Waals surface area (Å²) in [5, 5.41) is 2.63. The van der Waals surface area contributed by atoms with Gasteiger partial charge in [0.2, 0.25) is 0 Å². The van der Waals surface area contributed by atoms with Crippen molar-refractivity contribution in [2.75, 3.05) is 14.2 Å². The minimum Gasteiger partial charge on any atom is -0.497 e. The van der Waals surface area contributed by atoms with Gasteiger partial charge in [0.25, 0.3) is 5.91 Å². The second-order valence-electron chi connectivity index (χ2n) is 4.16. The molecule has 0 fully saturated rings. The van der Waals surface area contributed by atoms with E-state index in [2.05, 4.69) is 10.3 Å². The first-order valence-electron chi connectivity index (χ1n) is 5.99. The van der Waals surface area contributed by atoms with Gasteiger partial charge in [0.1, 0.15) is 5.75 Å². The normalized spacial score (nSPS) is 10.1. The number of benzene rings is 1. The van der Waals surface area contributed by atoms with Crippen molar-refractivity contribution in [1.82, 2.24) is 10.3 Å². The molecule has 0 saturated heterocycles. The maximum absolute atomic E-state index is 11.9. The number of amides is 1. The van der Waals surface area contributed by atoms with Crippen LogP contribution in [0.25, 0.3) is 11.3 Å². The van der Waals surface area contributed by atoms with Crippen LogP contribution >= 0.6 is 0 Å². The van der Waals surface area contributed by atoms with Crippen molar-refractivity contribution in [2.45, 2.75) is 6.92 Å². The minimum atomic E-state index is -0.140. The van der Waals surface area contributed by atoms with E-state index in [1.807, 2.05) is 25.1 Å². The quantitative estimate of drug-likeness (QED) is 0.917. The summed E-state index contributed by atoms with van der Waals surface area (Å²) in [6, 6.07) is 9.24. The Morgan fingerprint density at radius 2 is 2.11 bits per heavy atom. The smallest absolute Gasteiger partial charge is 0.253 e. The largest absolute Gasteiger partial charge is 0.497 e. The molecule has 0 atom stereocenters. The lowest BCUT2D eigenvalue weighted by atomic mass is 10.0. The lowest BCUT2D eigenvalue weighted by Crippen LogP contribution is -2.19. The molecule has 0 radical (unpaired) electrons. The maximum Gasteiger partial charge on any atom is 0.253 e. The highest BCUT2D eigenvalue weighted by molar-refractivity contribution is 6.00. The van der Waals surface area contributed by atoms with Gasteiger partial charge < -0.3 is 10.1 Å². The number of hydrogen-bond acceptors (Lipinski definition) is 3. The Hall–Kier alpha value is -2.36. The number of hydrogen-bond donors (Lipinski definition) is 1. The van der Waals surface area contributed by atoms with E-state index in [9.17, 15) is 4.79 Å². The molecular formula is C15H16N2O2. The van der Waals surface area contributed by atoms with Gasteiger partial charge in [0.15, 0.2) is 0 Å². The Bertz CT molecular complexity index is 609. The van der Waals surface area contributed by atoms with E-state index >= 15 is 0 Å². The molecule has 19 heavy (non-hydrogen) atoms. The van der Waals surface area contributed by atoms with E-state index in [1.165, 1.54) is 0 Å². The average molecular weight is 256 g/mol. The average Bonchev–Trinajstić information content (AvgIpc) is 2.46. The Labute approximate surface area is 112 Å². The highest BCUT2D eigenvalue weighted by Crippen LogP contribution is 2.27. The molecule has 0 aliphatic rings. The minimum absolute atomic E-state index is 0.140. The summed E-state index contributed by atoms with van der Waals surface area (Å²) in [6.07, 6.45) is 1.69. The van der Waals surface area contributed by atoms with Crippen molar-refractivity contribution in [1.29, 1.82) is 0 Å². The summed E-state index contributed by atoms with van der Waals surface area (Å²) in [5.41, 5.74) is 3.20. The molecule has 0 aliphatic heterocycles. The first-order chi connectivity index (χ1) is 9.17. The number of aryl methyl sites for hydroxylation is 1. The molecule has 0 spiro atoms. The van der Waals surface area contributed by atoms with Crippen LogP contribution in [0.1, 0.15) is 15.9 Å². The molecule has 0 saturated carbocycles. The zero-order valence-electron chi connectivity index (χ0n) is 11.2. The number of pyridine rings is 1. The van der Waals surface area contributed by atoms with Gasteiger partial charge >= 0.3 is 0 Å². The van der Waals surface area contributed by atoms with E-state index in [1.54, 1.807) is 32.5 Å². The highest BCUT2D eigenvalue weighted by Gasteiger charge is 2.14. The second-order valence-corrected chi connectivity index (χ2v) is 4.16. The van der Waals surface area contributed by atoms with E-state index in [0.717, 1.165) is 16.9 Å². The van der Waals surface area contributed by atoms with Gasteiger partial charge in [-0.2, -0.15) is 0 Å². The van der Waals surface area contributed by atoms with E-state index < -0.39 is 0 Å². The van der Waals surface area contributed by atoms with Crippen LogP contribution in [-0.4, -0.2) is 25.0 Å². The molecule has 0 bridgehead atoms. The van der Waals surface area contributed by atoms with Crippen LogP contribution in [0.15, 0.2) is 36.5 Å². The van der Waals surface area contributed by atoms with Crippen LogP contribution in [0.5, 0.6) is 5.75 Å². The zero-order chi connectivity index (χ0) is 13.8. The predicted octanol–water partition coefficient (Wildman–Crippen LogP) is 2.43. The molecule has 4 nitrogen and oxygen atoms in total. The van der Waals surface area contributed by atoms with Crippen LogP contribution in [-0.2, 0) is 0 Å². The fourth-order valence-electron chi connectivity index (χ4n) is 1.97.